The van der Waals surface area contributed by atoms with Crippen LogP contribution in [0.1, 0.15) is 12.7 Å². The van der Waals surface area contributed by atoms with E-state index in [-0.39, 0.29) is 10.5 Å². The van der Waals surface area contributed by atoms with E-state index in [4.69, 9.17) is 9.15 Å². The van der Waals surface area contributed by atoms with E-state index in [0.29, 0.717) is 43.7 Å². The van der Waals surface area contributed by atoms with Crippen LogP contribution in [-0.2, 0) is 14.8 Å². The van der Waals surface area contributed by atoms with Crippen LogP contribution in [0.5, 0.6) is 5.75 Å². The largest absolute Gasteiger partial charge is 0.496 e. The molecule has 12 heteroatoms. The number of thiazole rings is 1. The molecular weight excluding hydrogens is 504 g/mol. The van der Waals surface area contributed by atoms with Crippen molar-refractivity contribution in [3.8, 4) is 28.5 Å². The van der Waals surface area contributed by atoms with Crippen molar-refractivity contribution < 1.29 is 22.4 Å². The molecule has 0 aliphatic rings. The maximum atomic E-state index is 12.9. The standard InChI is InChI=1S/C24H18N4O6S2/c1-14(29)27-36(31,32)17-10-7-15(8-11-17)19-12-9-16(34-19)13-21-23(30)28-24(35-21)25-22(26-28)18-5-3-4-6-20(18)33-2/h3-13H,1-2H3,(H,27,29)/b21-13-. The van der Waals surface area contributed by atoms with Gasteiger partial charge in [-0.25, -0.2) is 13.1 Å². The van der Waals surface area contributed by atoms with E-state index in [2.05, 4.69) is 10.1 Å². The quantitative estimate of drug-likeness (QED) is 0.360. The van der Waals surface area contributed by atoms with Gasteiger partial charge in [-0.2, -0.15) is 9.50 Å². The summed E-state index contributed by atoms with van der Waals surface area (Å²) in [7, 11) is -2.36. The Morgan fingerprint density at radius 1 is 1.11 bits per heavy atom. The Labute approximate surface area is 208 Å². The van der Waals surface area contributed by atoms with Crippen LogP contribution < -0.4 is 19.6 Å². The number of carbonyl (C=O) groups is 1. The number of amides is 1. The van der Waals surface area contributed by atoms with Gasteiger partial charge in [0.05, 0.1) is 17.6 Å². The molecule has 0 unspecified atom stereocenters. The predicted octanol–water partition coefficient (Wildman–Crippen LogP) is 2.46. The van der Waals surface area contributed by atoms with E-state index in [9.17, 15) is 18.0 Å². The van der Waals surface area contributed by atoms with Crippen LogP contribution in [-0.4, -0.2) is 36.0 Å². The number of ether oxygens (including phenoxy) is 1. The summed E-state index contributed by atoms with van der Waals surface area (Å²) in [6, 6.07) is 16.6. The number of nitrogens with one attached hydrogen (secondary N) is 1. The molecule has 182 valence electrons. The lowest BCUT2D eigenvalue weighted by molar-refractivity contribution is -0.117. The molecule has 0 saturated heterocycles. The number of nitrogens with zero attached hydrogens (tertiary/aromatic N) is 3. The second kappa shape index (κ2) is 9.06. The van der Waals surface area contributed by atoms with Crippen LogP contribution in [0.2, 0.25) is 0 Å². The highest BCUT2D eigenvalue weighted by Crippen LogP contribution is 2.27. The molecule has 5 rings (SSSR count). The molecule has 5 aromatic rings. The Morgan fingerprint density at radius 3 is 2.56 bits per heavy atom. The molecule has 0 atom stereocenters. The smallest absolute Gasteiger partial charge is 0.291 e. The van der Waals surface area contributed by atoms with Crippen molar-refractivity contribution in [1.82, 2.24) is 19.3 Å². The molecule has 10 nitrogen and oxygen atoms in total. The fourth-order valence-corrected chi connectivity index (χ4v) is 5.42. The van der Waals surface area contributed by atoms with Crippen molar-refractivity contribution in [1.29, 1.82) is 0 Å². The summed E-state index contributed by atoms with van der Waals surface area (Å²) >= 11 is 1.18. The Bertz CT molecular complexity index is 1820. The lowest BCUT2D eigenvalue weighted by Crippen LogP contribution is -2.28. The Morgan fingerprint density at radius 2 is 1.86 bits per heavy atom. The first-order valence-electron chi connectivity index (χ1n) is 10.5. The van der Waals surface area contributed by atoms with Gasteiger partial charge in [-0.15, -0.1) is 5.10 Å². The van der Waals surface area contributed by atoms with E-state index in [1.807, 2.05) is 22.9 Å². The summed E-state index contributed by atoms with van der Waals surface area (Å²) in [5, 5.41) is 4.35. The minimum atomic E-state index is -3.92. The van der Waals surface area contributed by atoms with Crippen LogP contribution in [0.4, 0.5) is 0 Å². The number of furan rings is 1. The average molecular weight is 523 g/mol. The first-order chi connectivity index (χ1) is 17.2. The molecular formula is C24H18N4O6S2. The van der Waals surface area contributed by atoms with Crippen molar-refractivity contribution in [3.63, 3.8) is 0 Å². The number of rotatable bonds is 6. The van der Waals surface area contributed by atoms with Gasteiger partial charge in [0.1, 0.15) is 21.8 Å². The molecule has 0 saturated carbocycles. The zero-order chi connectivity index (χ0) is 25.4. The molecule has 0 radical (unpaired) electrons. The number of carbonyl (C=O) groups excluding carboxylic acids is 1. The second-order valence-corrected chi connectivity index (χ2v) is 10.3. The zero-order valence-electron chi connectivity index (χ0n) is 19.0. The van der Waals surface area contributed by atoms with E-state index >= 15 is 0 Å². The predicted molar refractivity (Wildman–Crippen MR) is 133 cm³/mol. The fourth-order valence-electron chi connectivity index (χ4n) is 3.54. The lowest BCUT2D eigenvalue weighted by Gasteiger charge is -2.05. The highest BCUT2D eigenvalue weighted by atomic mass is 32.2. The SMILES string of the molecule is COc1ccccc1-c1nc2s/c(=C\c3ccc(-c4ccc(S(=O)(=O)NC(C)=O)cc4)o3)c(=O)n2n1. The summed E-state index contributed by atoms with van der Waals surface area (Å²) in [6.07, 6.45) is 1.60. The van der Waals surface area contributed by atoms with Crippen molar-refractivity contribution in [2.75, 3.05) is 7.11 Å². The maximum Gasteiger partial charge on any atom is 0.291 e. The first-order valence-corrected chi connectivity index (χ1v) is 12.8. The molecule has 1 amide bonds. The van der Waals surface area contributed by atoms with E-state index < -0.39 is 15.9 Å². The van der Waals surface area contributed by atoms with Crippen LogP contribution in [0.3, 0.4) is 0 Å². The lowest BCUT2D eigenvalue weighted by atomic mass is 10.2. The average Bonchev–Trinajstić information content (AvgIpc) is 3.56. The van der Waals surface area contributed by atoms with Gasteiger partial charge >= 0.3 is 0 Å². The van der Waals surface area contributed by atoms with Gasteiger partial charge in [0.15, 0.2) is 5.82 Å². The summed E-state index contributed by atoms with van der Waals surface area (Å²) in [5.74, 6) is 1.25. The minimum absolute atomic E-state index is 0.0438. The fraction of sp³-hybridized carbons (Fsp3) is 0.0833. The number of aromatic nitrogens is 3. The van der Waals surface area contributed by atoms with Crippen LogP contribution >= 0.6 is 11.3 Å². The number of hydrogen-bond acceptors (Lipinski definition) is 9. The van der Waals surface area contributed by atoms with Gasteiger partial charge < -0.3 is 9.15 Å². The number of benzene rings is 2. The number of fused-ring (bicyclic) bond motifs is 1. The molecule has 36 heavy (non-hydrogen) atoms. The normalized spacial score (nSPS) is 12.2. The van der Waals surface area contributed by atoms with Gasteiger partial charge in [0.2, 0.25) is 10.9 Å². The van der Waals surface area contributed by atoms with Gasteiger partial charge in [0, 0.05) is 18.6 Å². The Balaban J connectivity index is 1.43. The number of sulfonamides is 1. The summed E-state index contributed by atoms with van der Waals surface area (Å²) in [5.41, 5.74) is 0.990. The van der Waals surface area contributed by atoms with Crippen LogP contribution in [0, 0.1) is 0 Å². The molecule has 0 bridgehead atoms. The highest BCUT2D eigenvalue weighted by Gasteiger charge is 2.17. The highest BCUT2D eigenvalue weighted by molar-refractivity contribution is 7.90. The van der Waals surface area contributed by atoms with Gasteiger partial charge in [-0.1, -0.05) is 23.5 Å². The second-order valence-electron chi connectivity index (χ2n) is 7.63. The van der Waals surface area contributed by atoms with Crippen molar-refractivity contribution in [3.05, 3.63) is 81.3 Å². The molecule has 2 aromatic carbocycles. The molecule has 0 aliphatic heterocycles. The Hall–Kier alpha value is -4.29. The molecule has 3 aromatic heterocycles. The van der Waals surface area contributed by atoms with Gasteiger partial charge in [-0.05, 0) is 48.5 Å². The van der Waals surface area contributed by atoms with Crippen LogP contribution in [0.15, 0.2) is 74.8 Å². The van der Waals surface area contributed by atoms with Crippen molar-refractivity contribution in [2.45, 2.75) is 11.8 Å². The number of para-hydroxylation sites is 1. The van der Waals surface area contributed by atoms with E-state index in [0.717, 1.165) is 6.92 Å². The molecule has 0 fully saturated rings. The summed E-state index contributed by atoms with van der Waals surface area (Å²) < 4.78 is 39.0. The molecule has 0 aliphatic carbocycles. The minimum Gasteiger partial charge on any atom is -0.496 e. The van der Waals surface area contributed by atoms with Gasteiger partial charge in [-0.3, -0.25) is 9.59 Å². The summed E-state index contributed by atoms with van der Waals surface area (Å²) in [6.45, 7) is 1.13. The zero-order valence-corrected chi connectivity index (χ0v) is 20.6. The molecule has 1 N–H and O–H groups in total. The first kappa shape index (κ1) is 23.5. The topological polar surface area (TPSA) is 133 Å². The maximum absolute atomic E-state index is 12.9. The monoisotopic (exact) mass is 522 g/mol. The number of hydrogen-bond donors (Lipinski definition) is 1. The molecule has 3 heterocycles. The third-order valence-corrected chi connectivity index (χ3v) is 7.57. The van der Waals surface area contributed by atoms with Crippen molar-refractivity contribution in [2.24, 2.45) is 0 Å². The third kappa shape index (κ3) is 4.39. The Kier molecular flexibility index (Phi) is 5.90. The summed E-state index contributed by atoms with van der Waals surface area (Å²) in [4.78, 5) is 28.9. The number of methoxy groups -OCH3 is 1. The van der Waals surface area contributed by atoms with Crippen molar-refractivity contribution >= 4 is 38.3 Å². The van der Waals surface area contributed by atoms with Crippen LogP contribution in [0.25, 0.3) is 33.7 Å². The van der Waals surface area contributed by atoms with Gasteiger partial charge in [0.25, 0.3) is 15.6 Å². The third-order valence-electron chi connectivity index (χ3n) is 5.16. The van der Waals surface area contributed by atoms with E-state index in [1.165, 1.54) is 28.0 Å². The van der Waals surface area contributed by atoms with E-state index in [1.54, 1.807) is 43.5 Å². The molecule has 0 spiro atoms.